The molecule has 1 fully saturated rings. The zero-order chi connectivity index (χ0) is 31.3. The van der Waals surface area contributed by atoms with E-state index in [4.69, 9.17) is 4.74 Å². The molecule has 1 saturated heterocycles. The second kappa shape index (κ2) is 12.7. The summed E-state index contributed by atoms with van der Waals surface area (Å²) < 4.78 is 45.3. The van der Waals surface area contributed by atoms with Gasteiger partial charge in [-0.05, 0) is 36.2 Å². The van der Waals surface area contributed by atoms with Gasteiger partial charge in [-0.15, -0.1) is 0 Å². The molecule has 2 amide bonds. The average Bonchev–Trinajstić information content (AvgIpc) is 3.49. The Morgan fingerprint density at radius 2 is 1.89 bits per heavy atom. The smallest absolute Gasteiger partial charge is 0.378 e. The highest BCUT2D eigenvalue weighted by atomic mass is 19.4. The van der Waals surface area contributed by atoms with Crippen LogP contribution in [0.4, 0.5) is 24.7 Å². The molecule has 0 bridgehead atoms. The number of nitrogens with zero attached hydrogens (tertiary/aromatic N) is 4. The molecule has 0 saturated carbocycles. The number of fused-ring (bicyclic) bond motifs is 1. The molecule has 1 atom stereocenters. The van der Waals surface area contributed by atoms with Crippen molar-refractivity contribution in [3.05, 3.63) is 78.4 Å². The minimum Gasteiger partial charge on any atom is -0.378 e. The molecule has 0 aliphatic carbocycles. The molecule has 10 nitrogen and oxygen atoms in total. The first-order valence-electron chi connectivity index (χ1n) is 13.7. The maximum absolute atomic E-state index is 12.8. The SMILES string of the molecule is CC(O)(C#CCNC(=O)Cc1cccc(-c2cc(Nc3ccc(C(=O)N4CCOCC4)cn3)c3nccn3c2)c1)C(F)(F)F. The van der Waals surface area contributed by atoms with Gasteiger partial charge in [-0.3, -0.25) is 9.59 Å². The van der Waals surface area contributed by atoms with Crippen molar-refractivity contribution in [1.82, 2.24) is 24.6 Å². The maximum atomic E-state index is 12.8. The van der Waals surface area contributed by atoms with E-state index in [-0.39, 0.29) is 18.9 Å². The molecule has 1 unspecified atom stereocenters. The third-order valence-electron chi connectivity index (χ3n) is 6.94. The summed E-state index contributed by atoms with van der Waals surface area (Å²) in [5.41, 5.74) is 0.969. The number of aromatic nitrogens is 3. The first-order valence-corrected chi connectivity index (χ1v) is 13.7. The van der Waals surface area contributed by atoms with E-state index in [1.807, 2.05) is 28.8 Å². The third kappa shape index (κ3) is 7.16. The fourth-order valence-electron chi connectivity index (χ4n) is 4.50. The van der Waals surface area contributed by atoms with E-state index in [0.29, 0.717) is 61.5 Å². The van der Waals surface area contributed by atoms with E-state index in [9.17, 15) is 27.9 Å². The van der Waals surface area contributed by atoms with Crippen molar-refractivity contribution in [2.45, 2.75) is 25.1 Å². The molecular formula is C31H29F3N6O4. The summed E-state index contributed by atoms with van der Waals surface area (Å²) in [4.78, 5) is 35.8. The summed E-state index contributed by atoms with van der Waals surface area (Å²) in [7, 11) is 0. The summed E-state index contributed by atoms with van der Waals surface area (Å²) in [5, 5.41) is 15.1. The number of nitrogens with one attached hydrogen (secondary N) is 2. The van der Waals surface area contributed by atoms with Crippen LogP contribution in [0, 0.1) is 11.8 Å². The van der Waals surface area contributed by atoms with Gasteiger partial charge in [0.1, 0.15) is 5.82 Å². The van der Waals surface area contributed by atoms with E-state index in [2.05, 4.69) is 26.5 Å². The lowest BCUT2D eigenvalue weighted by molar-refractivity contribution is -0.228. The number of halogens is 3. The van der Waals surface area contributed by atoms with E-state index in [0.717, 1.165) is 11.1 Å². The number of pyridine rings is 2. The van der Waals surface area contributed by atoms with Crippen LogP contribution in [0.1, 0.15) is 22.8 Å². The van der Waals surface area contributed by atoms with Crippen molar-refractivity contribution in [3.63, 3.8) is 0 Å². The van der Waals surface area contributed by atoms with Crippen molar-refractivity contribution in [2.24, 2.45) is 0 Å². The Bertz CT molecular complexity index is 1720. The predicted octanol–water partition coefficient (Wildman–Crippen LogP) is 3.59. The van der Waals surface area contributed by atoms with Gasteiger partial charge in [0.25, 0.3) is 5.91 Å². The zero-order valence-electron chi connectivity index (χ0n) is 23.7. The second-order valence-electron chi connectivity index (χ2n) is 10.3. The lowest BCUT2D eigenvalue weighted by atomic mass is 10.0. The monoisotopic (exact) mass is 606 g/mol. The molecule has 44 heavy (non-hydrogen) atoms. The zero-order valence-corrected chi connectivity index (χ0v) is 23.7. The highest BCUT2D eigenvalue weighted by Gasteiger charge is 2.48. The molecule has 1 aromatic carbocycles. The van der Waals surface area contributed by atoms with Gasteiger partial charge in [0.2, 0.25) is 11.5 Å². The van der Waals surface area contributed by atoms with Gasteiger partial charge in [-0.1, -0.05) is 36.1 Å². The predicted molar refractivity (Wildman–Crippen MR) is 156 cm³/mol. The van der Waals surface area contributed by atoms with Gasteiger partial charge < -0.3 is 29.8 Å². The van der Waals surface area contributed by atoms with Crippen molar-refractivity contribution in [1.29, 1.82) is 0 Å². The fourth-order valence-corrected chi connectivity index (χ4v) is 4.50. The molecule has 228 valence electrons. The Labute approximate surface area is 250 Å². The quantitative estimate of drug-likeness (QED) is 0.275. The first kappa shape index (κ1) is 30.5. The summed E-state index contributed by atoms with van der Waals surface area (Å²) in [6.45, 7) is 2.32. The highest BCUT2D eigenvalue weighted by Crippen LogP contribution is 2.30. The molecule has 5 rings (SSSR count). The van der Waals surface area contributed by atoms with E-state index in [1.54, 1.807) is 47.5 Å². The summed E-state index contributed by atoms with van der Waals surface area (Å²) in [6.07, 6.45) is 1.97. The van der Waals surface area contributed by atoms with E-state index >= 15 is 0 Å². The molecule has 1 aliphatic rings. The van der Waals surface area contributed by atoms with Crippen molar-refractivity contribution < 1.29 is 32.6 Å². The molecule has 0 spiro atoms. The number of carbonyl (C=O) groups is 2. The van der Waals surface area contributed by atoms with Crippen molar-refractivity contribution in [2.75, 3.05) is 38.2 Å². The van der Waals surface area contributed by atoms with Crippen LogP contribution in [0.15, 0.2) is 67.3 Å². The van der Waals surface area contributed by atoms with Gasteiger partial charge in [0, 0.05) is 43.4 Å². The second-order valence-corrected chi connectivity index (χ2v) is 10.3. The number of rotatable bonds is 7. The average molecular weight is 607 g/mol. The van der Waals surface area contributed by atoms with E-state index < -0.39 is 17.7 Å². The van der Waals surface area contributed by atoms with Crippen molar-refractivity contribution in [3.8, 4) is 23.0 Å². The summed E-state index contributed by atoms with van der Waals surface area (Å²) in [5.74, 6) is 3.88. The topological polar surface area (TPSA) is 121 Å². The number of anilines is 2. The van der Waals surface area contributed by atoms with Crippen molar-refractivity contribution >= 4 is 29.0 Å². The standard InChI is InChI=1S/C31H29F3N6O4/c1-30(43,31(32,33)34)8-3-9-35-27(41)17-21-4-2-5-22(16-21)24-18-25(28-36-10-11-40(28)20-24)38-26-7-6-23(19-37-26)29(42)39-12-14-44-15-13-39/h2,4-7,10-11,16,18-20,43H,9,12-15,17H2,1H3,(H,35,41)(H,37,38). The lowest BCUT2D eigenvalue weighted by Gasteiger charge is -2.26. The number of alkyl halides is 3. The summed E-state index contributed by atoms with van der Waals surface area (Å²) in [6, 6.07) is 12.6. The van der Waals surface area contributed by atoms with Gasteiger partial charge in [-0.2, -0.15) is 13.2 Å². The molecular weight excluding hydrogens is 577 g/mol. The Morgan fingerprint density at radius 1 is 1.09 bits per heavy atom. The molecule has 3 aromatic heterocycles. The van der Waals surface area contributed by atoms with Gasteiger partial charge in [0.15, 0.2) is 5.65 Å². The molecule has 3 N–H and O–H groups in total. The molecule has 4 aromatic rings. The summed E-state index contributed by atoms with van der Waals surface area (Å²) >= 11 is 0. The Hall–Kier alpha value is -4.93. The number of morpholine rings is 1. The largest absolute Gasteiger partial charge is 0.428 e. The number of imidazole rings is 1. The molecule has 1 aliphatic heterocycles. The van der Waals surface area contributed by atoms with Gasteiger partial charge >= 0.3 is 6.18 Å². The van der Waals surface area contributed by atoms with Crippen LogP contribution >= 0.6 is 0 Å². The van der Waals surface area contributed by atoms with Crippen LogP contribution in [0.2, 0.25) is 0 Å². The minimum absolute atomic E-state index is 0.0247. The Morgan fingerprint density at radius 3 is 2.61 bits per heavy atom. The normalized spacial score (nSPS) is 14.8. The van der Waals surface area contributed by atoms with Crippen LogP contribution in [0.5, 0.6) is 0 Å². The number of hydrogen-bond acceptors (Lipinski definition) is 7. The third-order valence-corrected chi connectivity index (χ3v) is 6.94. The minimum atomic E-state index is -4.90. The number of aliphatic hydroxyl groups is 1. The van der Waals surface area contributed by atoms with Crippen LogP contribution in [0.3, 0.4) is 0 Å². The highest BCUT2D eigenvalue weighted by molar-refractivity contribution is 5.94. The molecule has 0 radical (unpaired) electrons. The first-order chi connectivity index (χ1) is 21.0. The van der Waals surface area contributed by atoms with Crippen LogP contribution in [0.25, 0.3) is 16.8 Å². The number of amides is 2. The van der Waals surface area contributed by atoms with Crippen LogP contribution < -0.4 is 10.6 Å². The lowest BCUT2D eigenvalue weighted by Crippen LogP contribution is -2.40. The molecule has 4 heterocycles. The number of carbonyl (C=O) groups excluding carboxylic acids is 2. The van der Waals surface area contributed by atoms with Gasteiger partial charge in [0.05, 0.1) is 37.4 Å². The van der Waals surface area contributed by atoms with Crippen LogP contribution in [-0.2, 0) is 16.0 Å². The Balaban J connectivity index is 1.28. The number of hydrogen-bond donors (Lipinski definition) is 3. The Kier molecular flexibility index (Phi) is 8.84. The fraction of sp³-hybridized carbons (Fsp3) is 0.290. The number of ether oxygens (including phenoxy) is 1. The van der Waals surface area contributed by atoms with Gasteiger partial charge in [-0.25, -0.2) is 9.97 Å². The van der Waals surface area contributed by atoms with E-state index in [1.165, 1.54) is 6.20 Å². The molecule has 13 heteroatoms. The maximum Gasteiger partial charge on any atom is 0.428 e. The van der Waals surface area contributed by atoms with Crippen LogP contribution in [-0.4, -0.2) is 80.8 Å². The number of benzene rings is 1.